The third kappa shape index (κ3) is 4.21. The molecule has 0 saturated carbocycles. The molecule has 102 valence electrons. The Hall–Kier alpha value is -1.24. The summed E-state index contributed by atoms with van der Waals surface area (Å²) in [6, 6.07) is 0. The smallest absolute Gasteiger partial charge is 0.321 e. The van der Waals surface area contributed by atoms with Gasteiger partial charge in [0.25, 0.3) is 0 Å². The normalized spacial score (nSPS) is 25.2. The van der Waals surface area contributed by atoms with E-state index in [2.05, 4.69) is 9.47 Å². The molecule has 0 aromatic carbocycles. The van der Waals surface area contributed by atoms with Crippen LogP contribution in [-0.2, 0) is 19.1 Å². The van der Waals surface area contributed by atoms with Crippen LogP contribution in [0, 0.1) is 11.8 Å². The highest BCUT2D eigenvalue weighted by molar-refractivity contribution is 5.97. The highest BCUT2D eigenvalue weighted by Crippen LogP contribution is 2.32. The summed E-state index contributed by atoms with van der Waals surface area (Å²) >= 11 is 0. The molecule has 0 aromatic rings. The van der Waals surface area contributed by atoms with Crippen molar-refractivity contribution in [2.45, 2.75) is 12.8 Å². The summed E-state index contributed by atoms with van der Waals surface area (Å²) in [7, 11) is 0. The molecule has 0 bridgehead atoms. The Balaban J connectivity index is 0.000000203. The van der Waals surface area contributed by atoms with Gasteiger partial charge in [0.05, 0.1) is 38.3 Å². The van der Waals surface area contributed by atoms with Gasteiger partial charge in [0, 0.05) is 0 Å². The summed E-state index contributed by atoms with van der Waals surface area (Å²) in [5.41, 5.74) is 0. The zero-order chi connectivity index (χ0) is 13.4. The van der Waals surface area contributed by atoms with Crippen molar-refractivity contribution in [2.75, 3.05) is 26.4 Å². The van der Waals surface area contributed by atoms with E-state index in [4.69, 9.17) is 10.2 Å². The van der Waals surface area contributed by atoms with Crippen LogP contribution in [0.1, 0.15) is 12.8 Å². The first-order valence-electron chi connectivity index (χ1n) is 5.92. The SMILES string of the molecule is O=C1OC(=O)C2CCC=CC12.OCCOCCO. The second kappa shape index (κ2) is 7.97. The summed E-state index contributed by atoms with van der Waals surface area (Å²) in [6.45, 7) is 0.696. The van der Waals surface area contributed by atoms with Crippen LogP contribution >= 0.6 is 0 Å². The Morgan fingerprint density at radius 2 is 1.89 bits per heavy atom. The van der Waals surface area contributed by atoms with Crippen LogP contribution in [0.4, 0.5) is 0 Å². The second-order valence-electron chi connectivity index (χ2n) is 3.94. The highest BCUT2D eigenvalue weighted by atomic mass is 16.6. The molecule has 2 N–H and O–H groups in total. The molecule has 6 nitrogen and oxygen atoms in total. The number of allylic oxidation sites excluding steroid dienone is 1. The lowest BCUT2D eigenvalue weighted by atomic mass is 9.86. The van der Waals surface area contributed by atoms with Crippen molar-refractivity contribution < 1.29 is 29.3 Å². The molecule has 6 heteroatoms. The molecule has 1 fully saturated rings. The van der Waals surface area contributed by atoms with Gasteiger partial charge in [-0.15, -0.1) is 0 Å². The molecule has 1 aliphatic heterocycles. The summed E-state index contributed by atoms with van der Waals surface area (Å²) < 4.78 is 9.11. The highest BCUT2D eigenvalue weighted by Gasteiger charge is 2.43. The lowest BCUT2D eigenvalue weighted by Gasteiger charge is -2.12. The van der Waals surface area contributed by atoms with Gasteiger partial charge in [0.15, 0.2) is 0 Å². The van der Waals surface area contributed by atoms with Crippen LogP contribution in [0.5, 0.6) is 0 Å². The number of aliphatic hydroxyl groups excluding tert-OH is 2. The average molecular weight is 258 g/mol. The number of cyclic esters (lactones) is 2. The van der Waals surface area contributed by atoms with Crippen molar-refractivity contribution in [3.05, 3.63) is 12.2 Å². The topological polar surface area (TPSA) is 93.1 Å². The largest absolute Gasteiger partial charge is 0.394 e. The van der Waals surface area contributed by atoms with E-state index in [9.17, 15) is 9.59 Å². The van der Waals surface area contributed by atoms with Crippen molar-refractivity contribution in [3.63, 3.8) is 0 Å². The Bertz CT molecular complexity index is 308. The van der Waals surface area contributed by atoms with E-state index in [1.807, 2.05) is 6.08 Å². The van der Waals surface area contributed by atoms with Crippen molar-refractivity contribution in [3.8, 4) is 0 Å². The molecule has 2 unspecified atom stereocenters. The number of carbonyl (C=O) groups excluding carboxylic acids is 2. The van der Waals surface area contributed by atoms with E-state index in [0.29, 0.717) is 13.2 Å². The summed E-state index contributed by atoms with van der Waals surface area (Å²) in [6.07, 6.45) is 5.34. The second-order valence-corrected chi connectivity index (χ2v) is 3.94. The molecular weight excluding hydrogens is 240 g/mol. The molecule has 2 rings (SSSR count). The van der Waals surface area contributed by atoms with E-state index in [1.165, 1.54) is 0 Å². The average Bonchev–Trinajstić information content (AvgIpc) is 2.67. The fourth-order valence-electron chi connectivity index (χ4n) is 1.81. The number of rotatable bonds is 4. The number of fused-ring (bicyclic) bond motifs is 1. The van der Waals surface area contributed by atoms with Crippen LogP contribution in [-0.4, -0.2) is 48.6 Å². The molecule has 0 radical (unpaired) electrons. The van der Waals surface area contributed by atoms with Gasteiger partial charge in [-0.25, -0.2) is 0 Å². The molecule has 0 amide bonds. The summed E-state index contributed by atoms with van der Waals surface area (Å²) in [4.78, 5) is 21.9. The Morgan fingerprint density at radius 1 is 1.22 bits per heavy atom. The maximum absolute atomic E-state index is 10.9. The lowest BCUT2D eigenvalue weighted by Crippen LogP contribution is -2.17. The van der Waals surface area contributed by atoms with Gasteiger partial charge in [-0.05, 0) is 12.8 Å². The first kappa shape index (κ1) is 14.8. The number of carbonyl (C=O) groups is 2. The van der Waals surface area contributed by atoms with Gasteiger partial charge in [-0.1, -0.05) is 12.2 Å². The van der Waals surface area contributed by atoms with Crippen molar-refractivity contribution in [2.24, 2.45) is 11.8 Å². The first-order valence-corrected chi connectivity index (χ1v) is 5.92. The first-order chi connectivity index (χ1) is 8.70. The molecule has 2 aliphatic rings. The Labute approximate surface area is 105 Å². The van der Waals surface area contributed by atoms with Crippen molar-refractivity contribution >= 4 is 11.9 Å². The van der Waals surface area contributed by atoms with Gasteiger partial charge in [-0.2, -0.15) is 0 Å². The maximum atomic E-state index is 10.9. The number of ether oxygens (including phenoxy) is 2. The molecule has 1 heterocycles. The van der Waals surface area contributed by atoms with Crippen LogP contribution in [0.2, 0.25) is 0 Å². The zero-order valence-corrected chi connectivity index (χ0v) is 10.1. The molecule has 0 aromatic heterocycles. The molecule has 1 aliphatic carbocycles. The fraction of sp³-hybridized carbons (Fsp3) is 0.667. The van der Waals surface area contributed by atoms with E-state index in [-0.39, 0.29) is 37.0 Å². The quantitative estimate of drug-likeness (QED) is 0.309. The maximum Gasteiger partial charge on any atom is 0.321 e. The number of esters is 2. The van der Waals surface area contributed by atoms with E-state index in [0.717, 1.165) is 12.8 Å². The molecular formula is C12H18O6. The van der Waals surface area contributed by atoms with Gasteiger partial charge < -0.3 is 19.7 Å². The fourth-order valence-corrected chi connectivity index (χ4v) is 1.81. The number of hydrogen-bond acceptors (Lipinski definition) is 6. The third-order valence-electron chi connectivity index (χ3n) is 2.67. The van der Waals surface area contributed by atoms with Crippen LogP contribution in [0.25, 0.3) is 0 Å². The minimum absolute atomic E-state index is 0.0278. The Kier molecular flexibility index (Phi) is 6.56. The lowest BCUT2D eigenvalue weighted by molar-refractivity contribution is -0.153. The van der Waals surface area contributed by atoms with Crippen LogP contribution < -0.4 is 0 Å². The molecule has 0 spiro atoms. The standard InChI is InChI=1S/C8H8O3.C4H10O3/c9-7-5-3-1-2-4-6(5)8(10)11-7;5-1-3-7-4-2-6/h1,3,5-6H,2,4H2;5-6H,1-4H2. The number of aliphatic hydroxyl groups is 2. The van der Waals surface area contributed by atoms with E-state index < -0.39 is 0 Å². The molecule has 18 heavy (non-hydrogen) atoms. The third-order valence-corrected chi connectivity index (χ3v) is 2.67. The zero-order valence-electron chi connectivity index (χ0n) is 10.1. The predicted octanol–water partition coefficient (Wildman–Crippen LogP) is -0.360. The van der Waals surface area contributed by atoms with Gasteiger partial charge >= 0.3 is 11.9 Å². The van der Waals surface area contributed by atoms with E-state index in [1.54, 1.807) is 6.08 Å². The van der Waals surface area contributed by atoms with Crippen molar-refractivity contribution in [1.29, 1.82) is 0 Å². The summed E-state index contributed by atoms with van der Waals surface area (Å²) in [5, 5.41) is 16.2. The molecule has 2 atom stereocenters. The summed E-state index contributed by atoms with van der Waals surface area (Å²) in [5.74, 6) is -1.19. The molecule has 1 saturated heterocycles. The minimum Gasteiger partial charge on any atom is -0.394 e. The van der Waals surface area contributed by atoms with Crippen LogP contribution in [0.3, 0.4) is 0 Å². The van der Waals surface area contributed by atoms with Gasteiger partial charge in [0.2, 0.25) is 0 Å². The predicted molar refractivity (Wildman–Crippen MR) is 61.4 cm³/mol. The number of hydrogen-bond donors (Lipinski definition) is 2. The monoisotopic (exact) mass is 258 g/mol. The van der Waals surface area contributed by atoms with Crippen molar-refractivity contribution in [1.82, 2.24) is 0 Å². The van der Waals surface area contributed by atoms with Gasteiger partial charge in [-0.3, -0.25) is 9.59 Å². The van der Waals surface area contributed by atoms with Crippen LogP contribution in [0.15, 0.2) is 12.2 Å². The van der Waals surface area contributed by atoms with Gasteiger partial charge in [0.1, 0.15) is 0 Å². The Morgan fingerprint density at radius 3 is 2.44 bits per heavy atom. The van der Waals surface area contributed by atoms with E-state index >= 15 is 0 Å². The minimum atomic E-state index is -0.379.